The molecule has 0 bridgehead atoms. The maximum absolute atomic E-state index is 10.4. The van der Waals surface area contributed by atoms with E-state index in [4.69, 9.17) is 16.2 Å². The van der Waals surface area contributed by atoms with Crippen molar-refractivity contribution in [3.05, 3.63) is 12.7 Å². The number of hydrogen-bond acceptors (Lipinski definition) is 8. The van der Waals surface area contributed by atoms with E-state index < -0.39 is 12.3 Å². The Bertz CT molecular complexity index is 650. The number of fused-ring (bicyclic) bond motifs is 1. The lowest BCUT2D eigenvalue weighted by molar-refractivity contribution is -0.0372. The molecule has 2 aromatic rings. The Morgan fingerprint density at radius 1 is 1.32 bits per heavy atom. The van der Waals surface area contributed by atoms with E-state index >= 15 is 0 Å². The second kappa shape index (κ2) is 6.37. The van der Waals surface area contributed by atoms with Gasteiger partial charge in [-0.15, -0.1) is 0 Å². The summed E-state index contributed by atoms with van der Waals surface area (Å²) >= 11 is 4.49. The van der Waals surface area contributed by atoms with Crippen LogP contribution in [0.15, 0.2) is 12.7 Å². The molecule has 0 spiro atoms. The Balaban J connectivity index is 1.83. The number of nitrogen functional groups attached to an aromatic ring is 1. The molecule has 3 heterocycles. The third-order valence-electron chi connectivity index (χ3n) is 3.94. The summed E-state index contributed by atoms with van der Waals surface area (Å²) in [7, 11) is 0. The Hall–Kier alpha value is -1.42. The largest absolute Gasteiger partial charge is 0.387 e. The highest BCUT2D eigenvalue weighted by molar-refractivity contribution is 7.81. The zero-order valence-corrected chi connectivity index (χ0v) is 12.9. The molecule has 0 aromatic carbocycles. The Morgan fingerprint density at radius 2 is 2.14 bits per heavy atom. The first kappa shape index (κ1) is 15.5. The molecule has 0 amide bonds. The summed E-state index contributed by atoms with van der Waals surface area (Å²) < 4.78 is 7.66. The lowest BCUT2D eigenvalue weighted by Gasteiger charge is -2.16. The maximum atomic E-state index is 10.4. The minimum absolute atomic E-state index is 0.133. The van der Waals surface area contributed by atoms with Crippen molar-refractivity contribution in [1.82, 2.24) is 19.5 Å². The summed E-state index contributed by atoms with van der Waals surface area (Å²) in [6.45, 7) is 0.651. The van der Waals surface area contributed by atoms with E-state index in [1.54, 1.807) is 10.9 Å². The summed E-state index contributed by atoms with van der Waals surface area (Å²) in [5.74, 6) is 0.304. The zero-order valence-electron chi connectivity index (χ0n) is 12.0. The number of thiol groups is 1. The number of imidazole rings is 1. The van der Waals surface area contributed by atoms with E-state index in [0.29, 0.717) is 23.5 Å². The van der Waals surface area contributed by atoms with Gasteiger partial charge >= 0.3 is 0 Å². The van der Waals surface area contributed by atoms with Crippen LogP contribution in [-0.4, -0.2) is 48.6 Å². The molecule has 22 heavy (non-hydrogen) atoms. The first-order chi connectivity index (χ1) is 10.6. The molecule has 3 rings (SSSR count). The molecule has 1 aliphatic heterocycles. The first-order valence-electron chi connectivity index (χ1n) is 7.28. The Kier molecular flexibility index (Phi) is 4.48. The third-order valence-corrected chi connectivity index (χ3v) is 4.58. The minimum atomic E-state index is -0.750. The van der Waals surface area contributed by atoms with E-state index in [1.165, 1.54) is 6.33 Å². The molecular formula is C13H20N6O2S. The van der Waals surface area contributed by atoms with Gasteiger partial charge in [0, 0.05) is 0 Å². The Labute approximate surface area is 133 Å². The van der Waals surface area contributed by atoms with Gasteiger partial charge in [0.05, 0.1) is 17.7 Å². The standard InChI is InChI=1S/C13H20N6O2S/c14-4-2-1-3-7-10(22)9(20)13(21-7)19-6-18-8-11(15)16-5-17-12(8)19/h5-7,9-10,13,20,22H,1-4,14H2,(H2,15,16,17)/t7-,9-,10-,13-/m1/s1. The summed E-state index contributed by atoms with van der Waals surface area (Å²) in [5, 5.41) is 10.2. The minimum Gasteiger partial charge on any atom is -0.387 e. The predicted octanol–water partition coefficient (Wildman–Crippen LogP) is 0.0942. The highest BCUT2D eigenvalue weighted by Gasteiger charge is 2.42. The van der Waals surface area contributed by atoms with Crippen molar-refractivity contribution in [3.8, 4) is 0 Å². The van der Waals surface area contributed by atoms with Crippen LogP contribution in [0.25, 0.3) is 11.2 Å². The molecule has 5 N–H and O–H groups in total. The monoisotopic (exact) mass is 324 g/mol. The van der Waals surface area contributed by atoms with Gasteiger partial charge in [0.15, 0.2) is 17.7 Å². The topological polar surface area (TPSA) is 125 Å². The van der Waals surface area contributed by atoms with Gasteiger partial charge in [-0.1, -0.05) is 0 Å². The average molecular weight is 324 g/mol. The quantitative estimate of drug-likeness (QED) is 0.454. The van der Waals surface area contributed by atoms with Crippen LogP contribution in [0.4, 0.5) is 5.82 Å². The van der Waals surface area contributed by atoms with E-state index in [9.17, 15) is 5.11 Å². The fraction of sp³-hybridized carbons (Fsp3) is 0.615. The molecule has 2 aromatic heterocycles. The van der Waals surface area contributed by atoms with Crippen LogP contribution in [0, 0.1) is 0 Å². The van der Waals surface area contributed by atoms with Gasteiger partial charge < -0.3 is 21.3 Å². The van der Waals surface area contributed by atoms with Crippen LogP contribution in [0.5, 0.6) is 0 Å². The maximum Gasteiger partial charge on any atom is 0.167 e. The lowest BCUT2D eigenvalue weighted by Crippen LogP contribution is -2.27. The number of nitrogens with two attached hydrogens (primary N) is 2. The van der Waals surface area contributed by atoms with Crippen molar-refractivity contribution in [2.45, 2.75) is 42.9 Å². The van der Waals surface area contributed by atoms with Crippen LogP contribution >= 0.6 is 12.6 Å². The van der Waals surface area contributed by atoms with E-state index in [2.05, 4.69) is 27.6 Å². The van der Waals surface area contributed by atoms with E-state index in [0.717, 1.165) is 19.3 Å². The van der Waals surface area contributed by atoms with Crippen LogP contribution in [0.3, 0.4) is 0 Å². The Morgan fingerprint density at radius 3 is 2.91 bits per heavy atom. The smallest absolute Gasteiger partial charge is 0.167 e. The lowest BCUT2D eigenvalue weighted by atomic mass is 10.1. The predicted molar refractivity (Wildman–Crippen MR) is 85.3 cm³/mol. The number of aromatic nitrogens is 4. The summed E-state index contributed by atoms with van der Waals surface area (Å²) in [6, 6.07) is 0. The highest BCUT2D eigenvalue weighted by atomic mass is 32.1. The summed E-state index contributed by atoms with van der Waals surface area (Å²) in [4.78, 5) is 12.3. The highest BCUT2D eigenvalue weighted by Crippen LogP contribution is 2.36. The molecule has 0 saturated carbocycles. The number of aliphatic hydroxyl groups is 1. The van der Waals surface area contributed by atoms with Gasteiger partial charge in [-0.25, -0.2) is 15.0 Å². The second-order valence-corrected chi connectivity index (χ2v) is 6.01. The molecule has 0 aliphatic carbocycles. The molecular weight excluding hydrogens is 304 g/mol. The first-order valence-corrected chi connectivity index (χ1v) is 7.79. The van der Waals surface area contributed by atoms with Crippen LogP contribution in [0.1, 0.15) is 25.5 Å². The number of unbranched alkanes of at least 4 members (excludes halogenated alkanes) is 1. The summed E-state index contributed by atoms with van der Waals surface area (Å²) in [5.41, 5.74) is 12.3. The number of anilines is 1. The van der Waals surface area contributed by atoms with Gasteiger partial charge in [-0.05, 0) is 25.8 Å². The number of hydrogen-bond donors (Lipinski definition) is 4. The molecule has 0 radical (unpaired) electrons. The van der Waals surface area contributed by atoms with Crippen molar-refractivity contribution in [3.63, 3.8) is 0 Å². The molecule has 0 unspecified atom stereocenters. The molecule has 1 fully saturated rings. The van der Waals surface area contributed by atoms with Gasteiger partial charge in [0.25, 0.3) is 0 Å². The van der Waals surface area contributed by atoms with Gasteiger partial charge in [0.1, 0.15) is 17.9 Å². The van der Waals surface area contributed by atoms with Crippen molar-refractivity contribution in [2.24, 2.45) is 5.73 Å². The molecule has 9 heteroatoms. The molecule has 1 saturated heterocycles. The zero-order chi connectivity index (χ0) is 15.7. The second-order valence-electron chi connectivity index (χ2n) is 5.41. The molecule has 1 aliphatic rings. The van der Waals surface area contributed by atoms with Crippen molar-refractivity contribution in [1.29, 1.82) is 0 Å². The van der Waals surface area contributed by atoms with E-state index in [-0.39, 0.29) is 11.4 Å². The van der Waals surface area contributed by atoms with Gasteiger partial charge in [-0.2, -0.15) is 12.6 Å². The number of aliphatic hydroxyl groups excluding tert-OH is 1. The molecule has 4 atom stereocenters. The van der Waals surface area contributed by atoms with Gasteiger partial charge in [-0.3, -0.25) is 4.57 Å². The van der Waals surface area contributed by atoms with Crippen molar-refractivity contribution >= 4 is 29.6 Å². The van der Waals surface area contributed by atoms with Crippen LogP contribution in [-0.2, 0) is 4.74 Å². The number of ether oxygens (including phenoxy) is 1. The van der Waals surface area contributed by atoms with Crippen molar-refractivity contribution in [2.75, 3.05) is 12.3 Å². The molecule has 8 nitrogen and oxygen atoms in total. The number of nitrogens with zero attached hydrogens (tertiary/aromatic N) is 4. The summed E-state index contributed by atoms with van der Waals surface area (Å²) in [6.07, 6.45) is 4.15. The fourth-order valence-corrected chi connectivity index (χ4v) is 3.11. The fourth-order valence-electron chi connectivity index (χ4n) is 2.74. The van der Waals surface area contributed by atoms with Gasteiger partial charge in [0.2, 0.25) is 0 Å². The van der Waals surface area contributed by atoms with Crippen LogP contribution in [0.2, 0.25) is 0 Å². The SMILES string of the molecule is NCCCC[C@H]1O[C@@H](n2cnc3c(N)ncnc32)[C@H](O)[C@@H]1S. The average Bonchev–Trinajstić information content (AvgIpc) is 3.05. The normalized spacial score (nSPS) is 28.5. The van der Waals surface area contributed by atoms with Crippen molar-refractivity contribution < 1.29 is 9.84 Å². The van der Waals surface area contributed by atoms with Crippen LogP contribution < -0.4 is 11.5 Å². The number of rotatable bonds is 5. The molecule has 120 valence electrons. The van der Waals surface area contributed by atoms with E-state index in [1.807, 2.05) is 0 Å². The third kappa shape index (κ3) is 2.65.